The number of benzene rings is 1. The summed E-state index contributed by atoms with van der Waals surface area (Å²) in [5, 5.41) is 12.7. The summed E-state index contributed by atoms with van der Waals surface area (Å²) in [4.78, 5) is 12.3. The fraction of sp³-hybridized carbons (Fsp3) is 0.500. The van der Waals surface area contributed by atoms with E-state index in [0.29, 0.717) is 10.7 Å². The van der Waals surface area contributed by atoms with E-state index in [1.807, 2.05) is 0 Å². The number of hydrogen-bond acceptors (Lipinski definition) is 2. The molecule has 0 heterocycles. The molecule has 1 saturated carbocycles. The van der Waals surface area contributed by atoms with Gasteiger partial charge in [0.2, 0.25) is 5.91 Å². The monoisotopic (exact) mass is 267 g/mol. The molecular formula is C14H18ClNO2. The van der Waals surface area contributed by atoms with Crippen molar-refractivity contribution in [1.29, 1.82) is 0 Å². The summed E-state index contributed by atoms with van der Waals surface area (Å²) < 4.78 is 0. The predicted molar refractivity (Wildman–Crippen MR) is 72.9 cm³/mol. The molecule has 0 atom stereocenters. The van der Waals surface area contributed by atoms with Crippen LogP contribution < -0.4 is 5.32 Å². The Hall–Kier alpha value is -1.22. The maximum Gasteiger partial charge on any atom is 0.230 e. The molecule has 0 radical (unpaired) electrons. The lowest BCUT2D eigenvalue weighted by Gasteiger charge is -2.26. The molecule has 1 aliphatic rings. The van der Waals surface area contributed by atoms with Gasteiger partial charge in [-0.15, -0.1) is 0 Å². The molecule has 0 unspecified atom stereocenters. The topological polar surface area (TPSA) is 49.3 Å². The van der Waals surface area contributed by atoms with Crippen LogP contribution in [0.3, 0.4) is 0 Å². The fourth-order valence-electron chi connectivity index (χ4n) is 2.65. The number of anilines is 1. The number of phenolic OH excluding ortho intramolecular Hbond substituents is 1. The largest absolute Gasteiger partial charge is 0.506 e. The van der Waals surface area contributed by atoms with Crippen LogP contribution in [0.25, 0.3) is 0 Å². The third kappa shape index (κ3) is 2.46. The standard InChI is InChI=1S/C14H18ClNO2/c1-2-14(7-3-4-8-14)13(18)16-10-5-6-11(15)12(17)9-10/h5-6,9,17H,2-4,7-8H2,1H3,(H,16,18). The van der Waals surface area contributed by atoms with Crippen LogP contribution in [0.15, 0.2) is 18.2 Å². The van der Waals surface area contributed by atoms with Crippen LogP contribution in [0.2, 0.25) is 5.02 Å². The molecule has 0 saturated heterocycles. The normalized spacial score (nSPS) is 17.7. The van der Waals surface area contributed by atoms with Crippen LogP contribution in [0.1, 0.15) is 39.0 Å². The number of amides is 1. The van der Waals surface area contributed by atoms with Gasteiger partial charge in [0.05, 0.1) is 5.02 Å². The molecule has 4 heteroatoms. The highest BCUT2D eigenvalue weighted by Crippen LogP contribution is 2.42. The zero-order valence-electron chi connectivity index (χ0n) is 10.5. The number of aromatic hydroxyl groups is 1. The molecule has 0 aromatic heterocycles. The fourth-order valence-corrected chi connectivity index (χ4v) is 2.76. The molecule has 3 nitrogen and oxygen atoms in total. The van der Waals surface area contributed by atoms with E-state index in [1.54, 1.807) is 12.1 Å². The molecule has 0 bridgehead atoms. The van der Waals surface area contributed by atoms with E-state index >= 15 is 0 Å². The van der Waals surface area contributed by atoms with Crippen molar-refractivity contribution in [3.05, 3.63) is 23.2 Å². The summed E-state index contributed by atoms with van der Waals surface area (Å²) in [5.41, 5.74) is 0.372. The second-order valence-corrected chi connectivity index (χ2v) is 5.37. The van der Waals surface area contributed by atoms with Crippen LogP contribution in [0, 0.1) is 5.41 Å². The first-order valence-corrected chi connectivity index (χ1v) is 6.75. The number of rotatable bonds is 3. The lowest BCUT2D eigenvalue weighted by atomic mass is 9.82. The quantitative estimate of drug-likeness (QED) is 0.871. The van der Waals surface area contributed by atoms with Crippen LogP contribution in [0.5, 0.6) is 5.75 Å². The Morgan fingerprint density at radius 3 is 2.67 bits per heavy atom. The van der Waals surface area contributed by atoms with Gasteiger partial charge in [0.25, 0.3) is 0 Å². The van der Waals surface area contributed by atoms with Crippen molar-refractivity contribution in [2.24, 2.45) is 5.41 Å². The highest BCUT2D eigenvalue weighted by Gasteiger charge is 2.39. The Morgan fingerprint density at radius 2 is 2.11 bits per heavy atom. The van der Waals surface area contributed by atoms with Gasteiger partial charge in [0.1, 0.15) is 5.75 Å². The van der Waals surface area contributed by atoms with Crippen molar-refractivity contribution in [3.8, 4) is 5.75 Å². The Bertz CT molecular complexity index is 453. The lowest BCUT2D eigenvalue weighted by molar-refractivity contribution is -0.125. The third-order valence-electron chi connectivity index (χ3n) is 3.92. The van der Waals surface area contributed by atoms with Gasteiger partial charge in [-0.1, -0.05) is 31.4 Å². The van der Waals surface area contributed by atoms with Gasteiger partial charge in [-0.3, -0.25) is 4.79 Å². The molecule has 2 N–H and O–H groups in total. The molecule has 1 aromatic rings. The smallest absolute Gasteiger partial charge is 0.230 e. The third-order valence-corrected chi connectivity index (χ3v) is 4.24. The Morgan fingerprint density at radius 1 is 1.44 bits per heavy atom. The van der Waals surface area contributed by atoms with E-state index in [2.05, 4.69) is 12.2 Å². The van der Waals surface area contributed by atoms with Crippen LogP contribution in [-0.4, -0.2) is 11.0 Å². The summed E-state index contributed by atoms with van der Waals surface area (Å²) in [6.07, 6.45) is 5.00. The summed E-state index contributed by atoms with van der Waals surface area (Å²) in [6.45, 7) is 2.06. The summed E-state index contributed by atoms with van der Waals surface area (Å²) in [5.74, 6) is 0.0515. The Labute approximate surface area is 112 Å². The molecule has 98 valence electrons. The van der Waals surface area contributed by atoms with Crippen molar-refractivity contribution in [3.63, 3.8) is 0 Å². The van der Waals surface area contributed by atoms with E-state index in [4.69, 9.17) is 11.6 Å². The van der Waals surface area contributed by atoms with Crippen molar-refractivity contribution in [1.82, 2.24) is 0 Å². The van der Waals surface area contributed by atoms with Crippen molar-refractivity contribution < 1.29 is 9.90 Å². The molecule has 0 aliphatic heterocycles. The Balaban J connectivity index is 2.13. The predicted octanol–water partition coefficient (Wildman–Crippen LogP) is 3.95. The van der Waals surface area contributed by atoms with Gasteiger partial charge in [0.15, 0.2) is 0 Å². The minimum atomic E-state index is -0.227. The van der Waals surface area contributed by atoms with Crippen LogP contribution in [-0.2, 0) is 4.79 Å². The SMILES string of the molecule is CCC1(C(=O)Nc2ccc(Cl)c(O)c2)CCCC1. The maximum absolute atomic E-state index is 12.3. The van der Waals surface area contributed by atoms with Gasteiger partial charge in [0, 0.05) is 17.2 Å². The average molecular weight is 268 g/mol. The van der Waals surface area contributed by atoms with E-state index in [-0.39, 0.29) is 17.1 Å². The summed E-state index contributed by atoms with van der Waals surface area (Å²) >= 11 is 5.74. The Kier molecular flexibility index (Phi) is 3.81. The number of halogens is 1. The van der Waals surface area contributed by atoms with Gasteiger partial charge in [-0.25, -0.2) is 0 Å². The van der Waals surface area contributed by atoms with Crippen LogP contribution in [0.4, 0.5) is 5.69 Å². The first kappa shape index (κ1) is 13.2. The minimum Gasteiger partial charge on any atom is -0.506 e. The molecule has 1 fully saturated rings. The molecule has 1 amide bonds. The van der Waals surface area contributed by atoms with Crippen molar-refractivity contribution in [2.75, 3.05) is 5.32 Å². The number of nitrogens with one attached hydrogen (secondary N) is 1. The second-order valence-electron chi connectivity index (χ2n) is 4.96. The second kappa shape index (κ2) is 5.19. The van der Waals surface area contributed by atoms with Crippen molar-refractivity contribution in [2.45, 2.75) is 39.0 Å². The first-order chi connectivity index (χ1) is 8.57. The molecule has 1 aromatic carbocycles. The summed E-state index contributed by atoms with van der Waals surface area (Å²) in [7, 11) is 0. The van der Waals surface area contributed by atoms with Crippen LogP contribution >= 0.6 is 11.6 Å². The number of hydrogen-bond donors (Lipinski definition) is 2. The number of phenols is 1. The number of carbonyl (C=O) groups excluding carboxylic acids is 1. The highest BCUT2D eigenvalue weighted by atomic mass is 35.5. The van der Waals surface area contributed by atoms with Gasteiger partial charge in [-0.2, -0.15) is 0 Å². The minimum absolute atomic E-state index is 0.00793. The maximum atomic E-state index is 12.3. The van der Waals surface area contributed by atoms with Crippen molar-refractivity contribution >= 4 is 23.2 Å². The lowest BCUT2D eigenvalue weighted by Crippen LogP contribution is -2.33. The zero-order chi connectivity index (χ0) is 13.2. The van der Waals surface area contributed by atoms with E-state index in [0.717, 1.165) is 32.1 Å². The zero-order valence-corrected chi connectivity index (χ0v) is 11.3. The molecular weight excluding hydrogens is 250 g/mol. The summed E-state index contributed by atoms with van der Waals surface area (Å²) in [6, 6.07) is 4.77. The first-order valence-electron chi connectivity index (χ1n) is 6.37. The molecule has 0 spiro atoms. The van der Waals surface area contributed by atoms with E-state index in [1.165, 1.54) is 6.07 Å². The van der Waals surface area contributed by atoms with E-state index in [9.17, 15) is 9.90 Å². The molecule has 1 aliphatic carbocycles. The molecule has 2 rings (SSSR count). The average Bonchev–Trinajstić information content (AvgIpc) is 2.84. The van der Waals surface area contributed by atoms with E-state index < -0.39 is 0 Å². The van der Waals surface area contributed by atoms with Gasteiger partial charge < -0.3 is 10.4 Å². The molecule has 18 heavy (non-hydrogen) atoms. The highest BCUT2D eigenvalue weighted by molar-refractivity contribution is 6.32. The number of carbonyl (C=O) groups is 1. The van der Waals surface area contributed by atoms with Gasteiger partial charge >= 0.3 is 0 Å². The van der Waals surface area contributed by atoms with Gasteiger partial charge in [-0.05, 0) is 31.4 Å².